The summed E-state index contributed by atoms with van der Waals surface area (Å²) in [6.45, 7) is 4.50. The molecule has 3 N–H and O–H groups in total. The molecule has 0 saturated heterocycles. The smallest absolute Gasteiger partial charge is 0.290 e. The molecular formula is C21H23FN4O3S. The van der Waals surface area contributed by atoms with Gasteiger partial charge in [0.05, 0.1) is 18.4 Å². The van der Waals surface area contributed by atoms with Crippen LogP contribution in [-0.2, 0) is 28.0 Å². The van der Waals surface area contributed by atoms with Crippen LogP contribution in [0.15, 0.2) is 41.8 Å². The minimum atomic E-state index is -0.571. The molecule has 30 heavy (non-hydrogen) atoms. The zero-order valence-corrected chi connectivity index (χ0v) is 17.5. The predicted octanol–water partition coefficient (Wildman–Crippen LogP) is 2.97. The molecular weight excluding hydrogens is 407 g/mol. The van der Waals surface area contributed by atoms with Gasteiger partial charge in [-0.2, -0.15) is 5.10 Å². The fraction of sp³-hybridized carbons (Fsp3) is 0.333. The van der Waals surface area contributed by atoms with E-state index in [9.17, 15) is 9.18 Å². The van der Waals surface area contributed by atoms with Gasteiger partial charge in [0.2, 0.25) is 5.91 Å². The highest BCUT2D eigenvalue weighted by atomic mass is 32.1. The third-order valence-electron chi connectivity index (χ3n) is 5.39. The Morgan fingerprint density at radius 2 is 2.00 bits per heavy atom. The molecule has 0 radical (unpaired) electrons. The van der Waals surface area contributed by atoms with Crippen molar-refractivity contribution in [3.8, 4) is 0 Å². The van der Waals surface area contributed by atoms with E-state index in [4.69, 9.17) is 15.6 Å². The third kappa shape index (κ3) is 3.97. The number of nitrogens with two attached hydrogens (primary N) is 1. The molecule has 4 rings (SSSR count). The highest BCUT2D eigenvalue weighted by Crippen LogP contribution is 2.67. The molecule has 9 heteroatoms. The van der Waals surface area contributed by atoms with Crippen molar-refractivity contribution in [3.05, 3.63) is 69.7 Å². The maximum Gasteiger partial charge on any atom is 0.290 e. The van der Waals surface area contributed by atoms with E-state index >= 15 is 0 Å². The van der Waals surface area contributed by atoms with Gasteiger partial charge in [-0.3, -0.25) is 9.59 Å². The van der Waals surface area contributed by atoms with Gasteiger partial charge in [-0.05, 0) is 29.3 Å². The summed E-state index contributed by atoms with van der Waals surface area (Å²) in [6.07, 6.45) is 0.734. The number of carbonyl (C=O) groups is 2. The molecule has 1 fully saturated rings. The van der Waals surface area contributed by atoms with E-state index in [0.717, 1.165) is 11.3 Å². The van der Waals surface area contributed by atoms with Crippen molar-refractivity contribution in [1.29, 1.82) is 0 Å². The summed E-state index contributed by atoms with van der Waals surface area (Å²) in [6, 6.07) is 10.8. The van der Waals surface area contributed by atoms with Crippen molar-refractivity contribution in [1.82, 2.24) is 14.8 Å². The van der Waals surface area contributed by atoms with Crippen LogP contribution < -0.4 is 5.73 Å². The Morgan fingerprint density at radius 3 is 2.53 bits per heavy atom. The topological polar surface area (TPSA) is 111 Å². The number of benzene rings is 1. The molecule has 1 aromatic carbocycles. The zero-order valence-electron chi connectivity index (χ0n) is 16.7. The summed E-state index contributed by atoms with van der Waals surface area (Å²) >= 11 is 1.63. The molecule has 1 atom stereocenters. The van der Waals surface area contributed by atoms with Gasteiger partial charge in [-0.25, -0.2) is 14.1 Å². The molecule has 1 aliphatic carbocycles. The minimum absolute atomic E-state index is 0.0295. The van der Waals surface area contributed by atoms with E-state index in [-0.39, 0.29) is 24.1 Å². The van der Waals surface area contributed by atoms with Gasteiger partial charge < -0.3 is 10.8 Å². The normalized spacial score (nSPS) is 18.9. The largest absolute Gasteiger partial charge is 0.483 e. The Balaban J connectivity index is 0.000000806. The highest BCUT2D eigenvalue weighted by molar-refractivity contribution is 7.09. The van der Waals surface area contributed by atoms with Crippen LogP contribution in [0.25, 0.3) is 0 Å². The average Bonchev–Trinajstić information content (AvgIpc) is 3.03. The van der Waals surface area contributed by atoms with E-state index in [1.807, 2.05) is 34.3 Å². The molecule has 0 aliphatic heterocycles. The first-order valence-corrected chi connectivity index (χ1v) is 10.2. The van der Waals surface area contributed by atoms with Gasteiger partial charge in [0, 0.05) is 10.4 Å². The number of halogens is 1. The molecule has 7 nitrogen and oxygen atoms in total. The third-order valence-corrected chi connectivity index (χ3v) is 6.25. The van der Waals surface area contributed by atoms with Crippen LogP contribution in [0.3, 0.4) is 0 Å². The molecule has 2 heterocycles. The molecule has 1 amide bonds. The fourth-order valence-corrected chi connectivity index (χ4v) is 4.67. The summed E-state index contributed by atoms with van der Waals surface area (Å²) in [5, 5.41) is 13.4. The number of primary amides is 1. The van der Waals surface area contributed by atoms with Crippen molar-refractivity contribution < 1.29 is 19.1 Å². The Bertz CT molecular complexity index is 1050. The summed E-state index contributed by atoms with van der Waals surface area (Å²) < 4.78 is 16.6. The molecule has 0 spiro atoms. The number of rotatable bonds is 6. The lowest BCUT2D eigenvalue weighted by Gasteiger charge is -2.21. The zero-order chi connectivity index (χ0) is 21.9. The Kier molecular flexibility index (Phi) is 6.02. The number of nitrogens with zero attached hydrogens (tertiary/aromatic N) is 3. The second kappa shape index (κ2) is 8.35. The van der Waals surface area contributed by atoms with Crippen molar-refractivity contribution in [2.45, 2.75) is 38.6 Å². The number of amides is 1. The van der Waals surface area contributed by atoms with E-state index in [2.05, 4.69) is 23.9 Å². The van der Waals surface area contributed by atoms with Crippen LogP contribution in [0.4, 0.5) is 4.39 Å². The minimum Gasteiger partial charge on any atom is -0.483 e. The quantitative estimate of drug-likeness (QED) is 0.584. The highest BCUT2D eigenvalue weighted by Gasteiger charge is 2.66. The Hall–Kier alpha value is -3.07. The number of carbonyl (C=O) groups excluding carboxylic acids is 1. The lowest BCUT2D eigenvalue weighted by atomic mass is 9.86. The maximum absolute atomic E-state index is 14.8. The average molecular weight is 431 g/mol. The number of thiophene rings is 1. The SMILES string of the molecule is CC1(C)CC1(c1ccccc1F)c1nc(CC(N)=O)nn1Cc1cccs1.O=CO. The first kappa shape index (κ1) is 21.6. The van der Waals surface area contributed by atoms with Gasteiger partial charge in [0.15, 0.2) is 5.82 Å². The van der Waals surface area contributed by atoms with Crippen molar-refractivity contribution >= 4 is 23.7 Å². The molecule has 0 bridgehead atoms. The standard InChI is InChI=1S/C20H21FN4OS.CH2O2/c1-19(2)12-20(19,14-7-3-4-8-15(14)21)18-23-17(10-16(22)26)24-25(18)11-13-6-5-9-27-13;2-1-3/h3-9H,10-12H2,1-2H3,(H2,22,26);1H,(H,2,3). The van der Waals surface area contributed by atoms with Gasteiger partial charge in [0.1, 0.15) is 11.6 Å². The van der Waals surface area contributed by atoms with Crippen LogP contribution in [0.1, 0.15) is 42.4 Å². The molecule has 2 aromatic heterocycles. The molecule has 3 aromatic rings. The van der Waals surface area contributed by atoms with Crippen LogP contribution in [-0.4, -0.2) is 32.3 Å². The summed E-state index contributed by atoms with van der Waals surface area (Å²) in [4.78, 5) is 25.5. The summed E-state index contributed by atoms with van der Waals surface area (Å²) in [5.41, 5.74) is 5.23. The van der Waals surface area contributed by atoms with Crippen molar-refractivity contribution in [3.63, 3.8) is 0 Å². The maximum atomic E-state index is 14.8. The van der Waals surface area contributed by atoms with Crippen LogP contribution in [0.5, 0.6) is 0 Å². The number of carboxylic acid groups (broad SMARTS) is 1. The second-order valence-corrected chi connectivity index (χ2v) is 8.82. The molecule has 1 saturated carbocycles. The van der Waals surface area contributed by atoms with Gasteiger partial charge in [-0.1, -0.05) is 38.1 Å². The van der Waals surface area contributed by atoms with E-state index in [0.29, 0.717) is 23.8 Å². The number of hydrogen-bond acceptors (Lipinski definition) is 5. The molecule has 1 aliphatic rings. The van der Waals surface area contributed by atoms with Gasteiger partial charge in [-0.15, -0.1) is 11.3 Å². The summed E-state index contributed by atoms with van der Waals surface area (Å²) in [5.74, 6) is 0.352. The van der Waals surface area contributed by atoms with Crippen molar-refractivity contribution in [2.75, 3.05) is 0 Å². The van der Waals surface area contributed by atoms with E-state index in [1.165, 1.54) is 6.07 Å². The molecule has 1 unspecified atom stereocenters. The van der Waals surface area contributed by atoms with Gasteiger partial charge >= 0.3 is 0 Å². The van der Waals surface area contributed by atoms with E-state index in [1.54, 1.807) is 17.4 Å². The Labute approximate surface area is 177 Å². The molecule has 158 valence electrons. The number of hydrogen-bond donors (Lipinski definition) is 2. The monoisotopic (exact) mass is 430 g/mol. The first-order valence-electron chi connectivity index (χ1n) is 9.33. The fourth-order valence-electron chi connectivity index (χ4n) is 3.98. The predicted molar refractivity (Wildman–Crippen MR) is 111 cm³/mol. The lowest BCUT2D eigenvalue weighted by Crippen LogP contribution is -2.24. The van der Waals surface area contributed by atoms with Crippen LogP contribution in [0.2, 0.25) is 0 Å². The van der Waals surface area contributed by atoms with Crippen molar-refractivity contribution in [2.24, 2.45) is 11.1 Å². The van der Waals surface area contributed by atoms with E-state index < -0.39 is 11.3 Å². The number of aromatic nitrogens is 3. The first-order chi connectivity index (χ1) is 14.2. The van der Waals surface area contributed by atoms with Crippen LogP contribution >= 0.6 is 11.3 Å². The summed E-state index contributed by atoms with van der Waals surface area (Å²) in [7, 11) is 0. The van der Waals surface area contributed by atoms with Crippen LogP contribution in [0, 0.1) is 11.2 Å². The Morgan fingerprint density at radius 1 is 1.33 bits per heavy atom. The second-order valence-electron chi connectivity index (χ2n) is 7.78. The lowest BCUT2D eigenvalue weighted by molar-refractivity contribution is -0.123. The van der Waals surface area contributed by atoms with Gasteiger partial charge in [0.25, 0.3) is 6.47 Å².